The van der Waals surface area contributed by atoms with Crippen molar-refractivity contribution in [3.8, 4) is 0 Å². The van der Waals surface area contributed by atoms with Crippen LogP contribution in [-0.2, 0) is 11.3 Å². The number of rotatable bonds is 4. The fourth-order valence-corrected chi connectivity index (χ4v) is 2.04. The summed E-state index contributed by atoms with van der Waals surface area (Å²) < 4.78 is 2.23. The van der Waals surface area contributed by atoms with E-state index in [-0.39, 0.29) is 12.5 Å². The SMILES string of the molecule is CC(C)Cn1ccc2cc(NC(=O)CN)ccc21. The Morgan fingerprint density at radius 2 is 2.17 bits per heavy atom. The number of hydrogen-bond donors (Lipinski definition) is 2. The summed E-state index contributed by atoms with van der Waals surface area (Å²) in [6.07, 6.45) is 2.08. The standard InChI is InChI=1S/C14H19N3O/c1-10(2)9-17-6-5-11-7-12(3-4-13(11)17)16-14(18)8-15/h3-7,10H,8-9,15H2,1-2H3,(H,16,18). The van der Waals surface area contributed by atoms with Crippen LogP contribution in [0.25, 0.3) is 10.9 Å². The zero-order valence-electron chi connectivity index (χ0n) is 10.8. The summed E-state index contributed by atoms with van der Waals surface area (Å²) in [5, 5.41) is 3.89. The van der Waals surface area contributed by atoms with Crippen LogP contribution in [0.5, 0.6) is 0 Å². The van der Waals surface area contributed by atoms with E-state index in [0.717, 1.165) is 17.6 Å². The van der Waals surface area contributed by atoms with E-state index < -0.39 is 0 Å². The van der Waals surface area contributed by atoms with E-state index in [4.69, 9.17) is 5.73 Å². The first-order valence-corrected chi connectivity index (χ1v) is 6.19. The molecule has 0 radical (unpaired) electrons. The topological polar surface area (TPSA) is 60.0 Å². The van der Waals surface area contributed by atoms with E-state index >= 15 is 0 Å². The van der Waals surface area contributed by atoms with Crippen molar-refractivity contribution in [1.29, 1.82) is 0 Å². The molecule has 0 spiro atoms. The molecule has 2 aromatic rings. The number of hydrogen-bond acceptors (Lipinski definition) is 2. The smallest absolute Gasteiger partial charge is 0.238 e. The number of nitrogens with two attached hydrogens (primary N) is 1. The number of fused-ring (bicyclic) bond motifs is 1. The zero-order chi connectivity index (χ0) is 13.1. The first-order chi connectivity index (χ1) is 8.60. The van der Waals surface area contributed by atoms with Crippen molar-refractivity contribution in [3.63, 3.8) is 0 Å². The summed E-state index contributed by atoms with van der Waals surface area (Å²) in [5.41, 5.74) is 7.26. The molecule has 18 heavy (non-hydrogen) atoms. The molecule has 0 unspecified atom stereocenters. The molecule has 0 aliphatic rings. The highest BCUT2D eigenvalue weighted by Crippen LogP contribution is 2.21. The van der Waals surface area contributed by atoms with Gasteiger partial charge in [0.1, 0.15) is 0 Å². The predicted molar refractivity (Wildman–Crippen MR) is 74.5 cm³/mol. The van der Waals surface area contributed by atoms with Crippen molar-refractivity contribution < 1.29 is 4.79 Å². The van der Waals surface area contributed by atoms with Crippen molar-refractivity contribution in [3.05, 3.63) is 30.5 Å². The average molecular weight is 245 g/mol. The second kappa shape index (κ2) is 5.23. The van der Waals surface area contributed by atoms with Crippen LogP contribution in [0.1, 0.15) is 13.8 Å². The minimum Gasteiger partial charge on any atom is -0.347 e. The summed E-state index contributed by atoms with van der Waals surface area (Å²) in [6, 6.07) is 7.98. The molecule has 2 rings (SSSR count). The van der Waals surface area contributed by atoms with Gasteiger partial charge in [-0.1, -0.05) is 13.8 Å². The number of nitrogens with zero attached hydrogens (tertiary/aromatic N) is 1. The molecule has 0 saturated heterocycles. The fraction of sp³-hybridized carbons (Fsp3) is 0.357. The Morgan fingerprint density at radius 3 is 2.83 bits per heavy atom. The van der Waals surface area contributed by atoms with Crippen LogP contribution in [0.4, 0.5) is 5.69 Å². The number of nitrogens with one attached hydrogen (secondary N) is 1. The lowest BCUT2D eigenvalue weighted by molar-refractivity contribution is -0.114. The molecule has 1 aromatic carbocycles. The van der Waals surface area contributed by atoms with E-state index in [2.05, 4.69) is 36.0 Å². The Balaban J connectivity index is 2.28. The normalized spacial score (nSPS) is 11.1. The molecular formula is C14H19N3O. The Labute approximate surface area is 107 Å². The highest BCUT2D eigenvalue weighted by molar-refractivity contribution is 5.94. The molecule has 4 nitrogen and oxygen atoms in total. The number of anilines is 1. The molecule has 0 fully saturated rings. The van der Waals surface area contributed by atoms with Crippen molar-refractivity contribution in [2.75, 3.05) is 11.9 Å². The summed E-state index contributed by atoms with van der Waals surface area (Å²) in [4.78, 5) is 11.2. The minimum atomic E-state index is -0.170. The van der Waals surface area contributed by atoms with E-state index in [1.165, 1.54) is 5.52 Å². The van der Waals surface area contributed by atoms with E-state index in [0.29, 0.717) is 5.92 Å². The number of aromatic nitrogens is 1. The first kappa shape index (κ1) is 12.6. The Morgan fingerprint density at radius 1 is 1.39 bits per heavy atom. The maximum absolute atomic E-state index is 11.2. The van der Waals surface area contributed by atoms with Gasteiger partial charge in [-0.15, -0.1) is 0 Å². The van der Waals surface area contributed by atoms with Gasteiger partial charge < -0.3 is 15.6 Å². The van der Waals surface area contributed by atoms with Crippen molar-refractivity contribution in [1.82, 2.24) is 4.57 Å². The molecule has 3 N–H and O–H groups in total. The van der Waals surface area contributed by atoms with Crippen LogP contribution >= 0.6 is 0 Å². The predicted octanol–water partition coefficient (Wildman–Crippen LogP) is 2.19. The lowest BCUT2D eigenvalue weighted by atomic mass is 10.2. The molecular weight excluding hydrogens is 226 g/mol. The molecule has 0 aliphatic carbocycles. The molecule has 0 bridgehead atoms. The van der Waals surface area contributed by atoms with Crippen LogP contribution in [0.15, 0.2) is 30.5 Å². The fourth-order valence-electron chi connectivity index (χ4n) is 2.04. The molecule has 1 heterocycles. The van der Waals surface area contributed by atoms with Gasteiger partial charge in [0.05, 0.1) is 6.54 Å². The number of amides is 1. The van der Waals surface area contributed by atoms with Gasteiger partial charge in [-0.05, 0) is 30.2 Å². The molecule has 0 aliphatic heterocycles. The number of benzene rings is 1. The summed E-state index contributed by atoms with van der Waals surface area (Å²) in [5.74, 6) is 0.438. The van der Waals surface area contributed by atoms with Gasteiger partial charge >= 0.3 is 0 Å². The van der Waals surface area contributed by atoms with Crippen molar-refractivity contribution in [2.24, 2.45) is 11.7 Å². The van der Waals surface area contributed by atoms with Gasteiger partial charge in [0.2, 0.25) is 5.91 Å². The van der Waals surface area contributed by atoms with Gasteiger partial charge in [-0.3, -0.25) is 4.79 Å². The van der Waals surface area contributed by atoms with Crippen LogP contribution < -0.4 is 11.1 Å². The minimum absolute atomic E-state index is 0.00635. The van der Waals surface area contributed by atoms with Crippen LogP contribution in [0, 0.1) is 5.92 Å². The Bertz CT molecular complexity index is 557. The highest BCUT2D eigenvalue weighted by Gasteiger charge is 2.05. The van der Waals surface area contributed by atoms with Crippen molar-refractivity contribution in [2.45, 2.75) is 20.4 Å². The molecule has 96 valence electrons. The van der Waals surface area contributed by atoms with Gasteiger partial charge in [0.25, 0.3) is 0 Å². The summed E-state index contributed by atoms with van der Waals surface area (Å²) >= 11 is 0. The second-order valence-electron chi connectivity index (χ2n) is 4.89. The monoisotopic (exact) mass is 245 g/mol. The lowest BCUT2D eigenvalue weighted by Gasteiger charge is -2.09. The van der Waals surface area contributed by atoms with Gasteiger partial charge in [0.15, 0.2) is 0 Å². The molecule has 1 amide bonds. The zero-order valence-corrected chi connectivity index (χ0v) is 10.8. The maximum Gasteiger partial charge on any atom is 0.238 e. The van der Waals surface area contributed by atoms with Gasteiger partial charge in [-0.25, -0.2) is 0 Å². The molecule has 4 heteroatoms. The quantitative estimate of drug-likeness (QED) is 0.867. The van der Waals surface area contributed by atoms with E-state index in [1.807, 2.05) is 18.2 Å². The number of carbonyl (C=O) groups is 1. The van der Waals surface area contributed by atoms with Crippen LogP contribution in [-0.4, -0.2) is 17.0 Å². The maximum atomic E-state index is 11.2. The third-order valence-corrected chi connectivity index (χ3v) is 2.80. The van der Waals surface area contributed by atoms with E-state index in [9.17, 15) is 4.79 Å². The summed E-state index contributed by atoms with van der Waals surface area (Å²) in [6.45, 7) is 5.40. The first-order valence-electron chi connectivity index (χ1n) is 6.19. The summed E-state index contributed by atoms with van der Waals surface area (Å²) in [7, 11) is 0. The third kappa shape index (κ3) is 2.71. The molecule has 0 atom stereocenters. The number of carbonyl (C=O) groups excluding carboxylic acids is 1. The lowest BCUT2D eigenvalue weighted by Crippen LogP contribution is -2.21. The van der Waals surface area contributed by atoms with Gasteiger partial charge in [0, 0.05) is 29.3 Å². The second-order valence-corrected chi connectivity index (χ2v) is 4.89. The van der Waals surface area contributed by atoms with Gasteiger partial charge in [-0.2, -0.15) is 0 Å². The molecule has 0 saturated carbocycles. The largest absolute Gasteiger partial charge is 0.347 e. The molecule has 1 aromatic heterocycles. The Kier molecular flexibility index (Phi) is 3.67. The Hall–Kier alpha value is -1.81. The van der Waals surface area contributed by atoms with Crippen molar-refractivity contribution >= 4 is 22.5 Å². The highest BCUT2D eigenvalue weighted by atomic mass is 16.1. The van der Waals surface area contributed by atoms with E-state index in [1.54, 1.807) is 0 Å². The van der Waals surface area contributed by atoms with Crippen LogP contribution in [0.2, 0.25) is 0 Å². The van der Waals surface area contributed by atoms with Crippen LogP contribution in [0.3, 0.4) is 0 Å². The third-order valence-electron chi connectivity index (χ3n) is 2.80. The average Bonchev–Trinajstić information content (AvgIpc) is 2.71.